The normalized spacial score (nSPS) is 11.0. The van der Waals surface area contributed by atoms with Gasteiger partial charge in [-0.3, -0.25) is 0 Å². The number of esters is 1. The molecule has 0 aliphatic rings. The molecule has 0 amide bonds. The van der Waals surface area contributed by atoms with Crippen LogP contribution < -0.4 is 4.74 Å². The summed E-state index contributed by atoms with van der Waals surface area (Å²) >= 11 is 1.25. The average Bonchev–Trinajstić information content (AvgIpc) is 2.53. The number of rotatable bonds is 5. The number of hydrogen-bond acceptors (Lipinski definition) is 4. The van der Waals surface area contributed by atoms with Crippen LogP contribution in [-0.4, -0.2) is 13.1 Å². The Bertz CT molecular complexity index is 624. The van der Waals surface area contributed by atoms with Gasteiger partial charge in [0.2, 0.25) is 5.76 Å². The van der Waals surface area contributed by atoms with E-state index in [1.807, 2.05) is 6.07 Å². The first kappa shape index (κ1) is 15.1. The van der Waals surface area contributed by atoms with Crippen molar-refractivity contribution in [3.63, 3.8) is 0 Å². The largest absolute Gasteiger partial charge is 0.463 e. The number of carbonyl (C=O) groups is 1. The lowest BCUT2D eigenvalue weighted by molar-refractivity contribution is -0.138. The number of carbonyl (C=O) groups excluding carboxylic acids is 1. The molecule has 0 saturated heterocycles. The second-order valence-corrected chi connectivity index (χ2v) is 4.90. The molecule has 0 unspecified atom stereocenters. The quantitative estimate of drug-likeness (QED) is 0.362. The predicted molar refractivity (Wildman–Crippen MR) is 79.4 cm³/mol. The summed E-state index contributed by atoms with van der Waals surface area (Å²) in [5.74, 6) is -0.280. The van der Waals surface area contributed by atoms with Gasteiger partial charge in [0, 0.05) is 10.3 Å². The van der Waals surface area contributed by atoms with Crippen LogP contribution in [0.15, 0.2) is 70.7 Å². The molecule has 0 atom stereocenters. The number of hydrogen-bond donors (Lipinski definition) is 0. The smallest absolute Gasteiger partial charge is 0.374 e. The van der Waals surface area contributed by atoms with Crippen LogP contribution in [-0.2, 0) is 9.53 Å². The molecule has 0 spiro atoms. The zero-order chi connectivity index (χ0) is 15.1. The Morgan fingerprint density at radius 1 is 1.10 bits per heavy atom. The van der Waals surface area contributed by atoms with Crippen molar-refractivity contribution in [3.05, 3.63) is 71.6 Å². The maximum atomic E-state index is 12.8. The molecule has 0 N–H and O–H groups in total. The van der Waals surface area contributed by atoms with Crippen LogP contribution in [0.3, 0.4) is 0 Å². The molecule has 0 bridgehead atoms. The number of benzene rings is 2. The predicted octanol–water partition coefficient (Wildman–Crippen LogP) is 4.01. The highest BCUT2D eigenvalue weighted by Gasteiger charge is 2.12. The minimum absolute atomic E-state index is 0.0676. The summed E-state index contributed by atoms with van der Waals surface area (Å²) < 4.78 is 23.0. The Hall–Kier alpha value is -2.27. The van der Waals surface area contributed by atoms with E-state index in [0.29, 0.717) is 5.75 Å². The molecule has 2 aromatic carbocycles. The zero-order valence-electron chi connectivity index (χ0n) is 11.3. The SMILES string of the molecule is COC(=O)/C(=C/Sc1ccc(F)cc1)Oc1ccccc1. The van der Waals surface area contributed by atoms with E-state index in [1.54, 1.807) is 36.4 Å². The molecule has 2 rings (SSSR count). The van der Waals surface area contributed by atoms with Gasteiger partial charge < -0.3 is 9.47 Å². The molecule has 0 heterocycles. The third-order valence-electron chi connectivity index (χ3n) is 2.47. The summed E-state index contributed by atoms with van der Waals surface area (Å²) in [5, 5.41) is 1.53. The first-order valence-corrected chi connectivity index (χ1v) is 7.00. The monoisotopic (exact) mass is 304 g/mol. The van der Waals surface area contributed by atoms with Crippen LogP contribution in [0.2, 0.25) is 0 Å². The molecular formula is C16H13FO3S. The molecule has 5 heteroatoms. The van der Waals surface area contributed by atoms with Gasteiger partial charge in [-0.15, -0.1) is 0 Å². The topological polar surface area (TPSA) is 35.5 Å². The van der Waals surface area contributed by atoms with E-state index >= 15 is 0 Å². The third kappa shape index (κ3) is 4.65. The van der Waals surface area contributed by atoms with E-state index in [9.17, 15) is 9.18 Å². The summed E-state index contributed by atoms with van der Waals surface area (Å²) in [6.07, 6.45) is 0. The molecule has 0 aromatic heterocycles. The first-order chi connectivity index (χ1) is 10.2. The molecule has 108 valence electrons. The van der Waals surface area contributed by atoms with Crippen molar-refractivity contribution in [1.82, 2.24) is 0 Å². The van der Waals surface area contributed by atoms with Crippen LogP contribution in [0, 0.1) is 5.82 Å². The van der Waals surface area contributed by atoms with Crippen molar-refractivity contribution >= 4 is 17.7 Å². The third-order valence-corrected chi connectivity index (χ3v) is 3.35. The minimum Gasteiger partial charge on any atom is -0.463 e. The molecule has 2 aromatic rings. The van der Waals surface area contributed by atoms with Gasteiger partial charge >= 0.3 is 5.97 Å². The zero-order valence-corrected chi connectivity index (χ0v) is 12.1. The number of halogens is 1. The summed E-state index contributed by atoms with van der Waals surface area (Å²) in [5.41, 5.74) is 0. The van der Waals surface area contributed by atoms with Gasteiger partial charge in [0.05, 0.1) is 7.11 Å². The summed E-state index contributed by atoms with van der Waals surface area (Å²) in [4.78, 5) is 12.5. The maximum Gasteiger partial charge on any atom is 0.374 e. The lowest BCUT2D eigenvalue weighted by Gasteiger charge is -2.08. The van der Waals surface area contributed by atoms with Crippen molar-refractivity contribution < 1.29 is 18.7 Å². The van der Waals surface area contributed by atoms with E-state index < -0.39 is 5.97 Å². The first-order valence-electron chi connectivity index (χ1n) is 6.12. The Morgan fingerprint density at radius 3 is 2.38 bits per heavy atom. The Kier molecular flexibility index (Phi) is 5.40. The standard InChI is InChI=1S/C16H13FO3S/c1-19-16(18)15(20-13-5-3-2-4-6-13)11-21-14-9-7-12(17)8-10-14/h2-11H,1H3/b15-11-. The average molecular weight is 304 g/mol. The minimum atomic E-state index is -0.575. The highest BCUT2D eigenvalue weighted by atomic mass is 32.2. The van der Waals surface area contributed by atoms with Crippen LogP contribution in [0.1, 0.15) is 0 Å². The lowest BCUT2D eigenvalue weighted by atomic mass is 10.3. The summed E-state index contributed by atoms with van der Waals surface area (Å²) in [7, 11) is 1.28. The molecule has 0 radical (unpaired) electrons. The summed E-state index contributed by atoms with van der Waals surface area (Å²) in [6.45, 7) is 0. The van der Waals surface area contributed by atoms with Crippen LogP contribution in [0.25, 0.3) is 0 Å². The second-order valence-electron chi connectivity index (χ2n) is 3.96. The molecule has 0 aliphatic heterocycles. The van der Waals surface area contributed by atoms with Gasteiger partial charge in [-0.2, -0.15) is 0 Å². The second kappa shape index (κ2) is 7.50. The lowest BCUT2D eigenvalue weighted by Crippen LogP contribution is -2.10. The Morgan fingerprint density at radius 2 is 1.76 bits per heavy atom. The maximum absolute atomic E-state index is 12.8. The Labute approximate surface area is 126 Å². The van der Waals surface area contributed by atoms with Crippen molar-refractivity contribution in [2.75, 3.05) is 7.11 Å². The molecular weight excluding hydrogens is 291 g/mol. The molecule has 3 nitrogen and oxygen atoms in total. The van der Waals surface area contributed by atoms with Crippen molar-refractivity contribution in [2.24, 2.45) is 0 Å². The molecule has 0 fully saturated rings. The van der Waals surface area contributed by atoms with E-state index in [4.69, 9.17) is 4.74 Å². The van der Waals surface area contributed by atoms with Crippen molar-refractivity contribution in [1.29, 1.82) is 0 Å². The van der Waals surface area contributed by atoms with Crippen molar-refractivity contribution in [3.8, 4) is 5.75 Å². The van der Waals surface area contributed by atoms with Crippen LogP contribution in [0.5, 0.6) is 5.75 Å². The highest BCUT2D eigenvalue weighted by Crippen LogP contribution is 2.23. The molecule has 21 heavy (non-hydrogen) atoms. The van der Waals surface area contributed by atoms with Gasteiger partial charge in [0.1, 0.15) is 11.6 Å². The van der Waals surface area contributed by atoms with Crippen LogP contribution in [0.4, 0.5) is 4.39 Å². The fraction of sp³-hybridized carbons (Fsp3) is 0.0625. The molecule has 0 aliphatic carbocycles. The number of methoxy groups -OCH3 is 1. The number of para-hydroxylation sites is 1. The van der Waals surface area contributed by atoms with Gasteiger partial charge in [0.15, 0.2) is 0 Å². The van der Waals surface area contributed by atoms with E-state index in [-0.39, 0.29) is 11.6 Å². The number of thioether (sulfide) groups is 1. The Balaban J connectivity index is 2.13. The van der Waals surface area contributed by atoms with Crippen LogP contribution >= 0.6 is 11.8 Å². The molecule has 0 saturated carbocycles. The van der Waals surface area contributed by atoms with Gasteiger partial charge in [-0.1, -0.05) is 30.0 Å². The van der Waals surface area contributed by atoms with Crippen molar-refractivity contribution in [2.45, 2.75) is 4.90 Å². The van der Waals surface area contributed by atoms with Gasteiger partial charge in [-0.05, 0) is 36.4 Å². The van der Waals surface area contributed by atoms with E-state index in [2.05, 4.69) is 4.74 Å². The fourth-order valence-electron chi connectivity index (χ4n) is 1.46. The summed E-state index contributed by atoms with van der Waals surface area (Å²) in [6, 6.07) is 14.9. The fourth-order valence-corrected chi connectivity index (χ4v) is 2.15. The highest BCUT2D eigenvalue weighted by molar-refractivity contribution is 8.02. The number of ether oxygens (including phenoxy) is 2. The van der Waals surface area contributed by atoms with E-state index in [0.717, 1.165) is 4.90 Å². The van der Waals surface area contributed by atoms with E-state index in [1.165, 1.54) is 36.4 Å². The van der Waals surface area contributed by atoms with Gasteiger partial charge in [-0.25, -0.2) is 9.18 Å². The van der Waals surface area contributed by atoms with Gasteiger partial charge in [0.25, 0.3) is 0 Å².